The zero-order chi connectivity index (χ0) is 91.1. The number of allylic oxidation sites excluding steroid dienone is 7. The Morgan fingerprint density at radius 1 is 0.550 bits per heavy atom. The second-order valence-electron chi connectivity index (χ2n) is 37.8. The van der Waals surface area contributed by atoms with E-state index in [1.807, 2.05) is 65.0 Å². The molecule has 0 amide bonds. The van der Waals surface area contributed by atoms with Gasteiger partial charge in [0.2, 0.25) is 11.5 Å². The molecule has 0 saturated carbocycles. The summed E-state index contributed by atoms with van der Waals surface area (Å²) in [6, 6.07) is 45.8. The predicted octanol–water partition coefficient (Wildman–Crippen LogP) is 27.8. The van der Waals surface area contributed by atoms with E-state index in [2.05, 4.69) is 261 Å². The minimum Gasteiger partial charge on any atom is -0.506 e. The zero-order valence-electron chi connectivity index (χ0n) is 78.3. The molecule has 1 atom stereocenters. The number of ketones is 1. The molecule has 129 heavy (non-hydrogen) atoms. The molecule has 4 aromatic heterocycles. The number of anilines is 1. The predicted molar refractivity (Wildman–Crippen MR) is 530 cm³/mol. The molecule has 656 valence electrons. The number of aromatic carboxylic acids is 1. The number of fused-ring (bicyclic) bond motifs is 12. The summed E-state index contributed by atoms with van der Waals surface area (Å²) in [4.78, 5) is 50.4. The summed E-state index contributed by atoms with van der Waals surface area (Å²) in [6.45, 7) is 35.1. The Morgan fingerprint density at radius 3 is 1.55 bits per heavy atom. The quantitative estimate of drug-likeness (QED) is 0.0163. The molecule has 0 fully saturated rings. The van der Waals surface area contributed by atoms with Crippen LogP contribution in [0.5, 0.6) is 0 Å². The van der Waals surface area contributed by atoms with E-state index in [9.17, 15) is 19.8 Å². The fraction of sp³-hybridized carbons (Fsp3) is 0.325. The number of unbranched alkanes of at least 4 members (excludes halogenated alkanes) is 10. The fourth-order valence-electron chi connectivity index (χ4n) is 22.1. The van der Waals surface area contributed by atoms with Gasteiger partial charge in [-0.2, -0.15) is 4.58 Å². The molecule has 4 N–H and O–H groups in total. The van der Waals surface area contributed by atoms with Crippen LogP contribution in [0, 0.1) is 79.1 Å². The lowest BCUT2D eigenvalue weighted by molar-refractivity contribution is -0.438. The van der Waals surface area contributed by atoms with E-state index in [1.54, 1.807) is 12.1 Å². The third kappa shape index (κ3) is 15.6. The number of Topliss-reactive ketones (excluding diaryl/α,β-unsaturated/α-hetero) is 1. The Balaban J connectivity index is 0.752. The van der Waals surface area contributed by atoms with Crippen LogP contribution in [0.2, 0.25) is 0 Å². The van der Waals surface area contributed by atoms with Crippen LogP contribution in [-0.2, 0) is 22.0 Å². The molecule has 15 heteroatoms. The van der Waals surface area contributed by atoms with Gasteiger partial charge >= 0.3 is 12.9 Å². The third-order valence-corrected chi connectivity index (χ3v) is 28.4. The number of aromatic amines is 2. The van der Waals surface area contributed by atoms with Crippen LogP contribution >= 0.6 is 0 Å². The number of carbonyl (C=O) groups excluding carboxylic acids is 1. The Kier molecular flexibility index (Phi) is 23.9. The van der Waals surface area contributed by atoms with Crippen LogP contribution in [0.1, 0.15) is 270 Å². The third-order valence-electron chi connectivity index (χ3n) is 28.4. The minimum atomic E-state index is -4.16. The summed E-state index contributed by atoms with van der Waals surface area (Å²) in [5, 5.41) is 22.3. The second kappa shape index (κ2) is 35.0. The number of hydrogen-bond donors (Lipinski definition) is 4. The smallest absolute Gasteiger partial charge is 0.506 e. The summed E-state index contributed by atoms with van der Waals surface area (Å²) >= 11 is 0. The number of carboxylic acids is 1. The number of aromatic nitrogens is 5. The topological polar surface area (TPSA) is 146 Å². The fourth-order valence-corrected chi connectivity index (χ4v) is 22.1. The first-order valence-electron chi connectivity index (χ1n) is 46.8. The molecule has 0 radical (unpaired) electrons. The van der Waals surface area contributed by atoms with Gasteiger partial charge in [0, 0.05) is 126 Å². The van der Waals surface area contributed by atoms with Gasteiger partial charge in [0.1, 0.15) is 12.3 Å². The van der Waals surface area contributed by atoms with E-state index in [4.69, 9.17) is 9.97 Å². The van der Waals surface area contributed by atoms with Gasteiger partial charge in [-0.15, -0.1) is 0 Å². The van der Waals surface area contributed by atoms with Crippen LogP contribution in [0.15, 0.2) is 185 Å². The average Bonchev–Trinajstić information content (AvgIpc) is 1.52. The number of aliphatic hydroxyl groups is 1. The van der Waals surface area contributed by atoms with Crippen LogP contribution < -0.4 is 4.90 Å². The first kappa shape index (κ1) is 88.2. The Morgan fingerprint density at radius 2 is 1.04 bits per heavy atom. The van der Waals surface area contributed by atoms with Crippen molar-refractivity contribution in [2.24, 2.45) is 0 Å². The number of benzene rings is 6. The van der Waals surface area contributed by atoms with Gasteiger partial charge in [0.15, 0.2) is 5.71 Å². The van der Waals surface area contributed by atoms with Crippen molar-refractivity contribution in [2.45, 2.75) is 231 Å². The molecule has 6 aromatic carbocycles. The molecule has 0 spiro atoms. The van der Waals surface area contributed by atoms with Crippen molar-refractivity contribution in [3.8, 4) is 68.2 Å². The van der Waals surface area contributed by atoms with Crippen LogP contribution in [-0.4, -0.2) is 87.6 Å². The Hall–Kier alpha value is -12.8. The molecule has 7 aliphatic rings. The first-order valence-corrected chi connectivity index (χ1v) is 46.8. The van der Waals surface area contributed by atoms with Crippen molar-refractivity contribution in [1.82, 2.24) is 29.2 Å². The lowest BCUT2D eigenvalue weighted by atomic mass is 9.77. The van der Waals surface area contributed by atoms with E-state index >= 15 is 8.63 Å². The summed E-state index contributed by atoms with van der Waals surface area (Å²) in [5.74, 6) is 13.0. The average molecular weight is 1710 g/mol. The standard InChI is InChI=1S/C114H118BF2N8O4/c1-19-23-25-27-29-31-57-122-98-55-40-79(63-88(98)113(15,16)100(122)65-86-110(126)87(111(86)127)66-101-114(17,18)89-64-82(112(128)129)45-56-99(89)123(101)58-32-30-28-26-24-20-2)34-33-77-35-41-80(42-36-77)104-90-47-51-94(118-90)106(102-69(7)59-67(5)60-70(102)8)96-53-49-92(120-96)105(93-50-54-97(121-93)107(95-52-48-91(104)119-95)103-71(9)61-68(6)62-72(103)10)81-43-37-78(38-44-81)39-46-85-108-73(11)83(21-3)75(13)124(108)115(116,117)125-76(14)84(22-4)74(12)109(85)125/h35-38,40-45,47-56,59-66,75H,19-32,57-58H2,1-18H3,(H3,126,127,128,129)/q-1/p+1/b100-65+,104-90?,104-91?,105-92?,105-93?,106-94?,106-96?,107-95?,107-97?. The maximum Gasteiger partial charge on any atom is 0.529 e. The van der Waals surface area contributed by atoms with E-state index in [-0.39, 0.29) is 28.3 Å². The van der Waals surface area contributed by atoms with Crippen molar-refractivity contribution < 1.29 is 33.0 Å². The highest BCUT2D eigenvalue weighted by atomic mass is 19.2. The number of nitrogens with one attached hydrogen (secondary N) is 2. The molecule has 8 bridgehead atoms. The van der Waals surface area contributed by atoms with Gasteiger partial charge in [0.05, 0.1) is 50.5 Å². The molecular weight excluding hydrogens is 1590 g/mol. The van der Waals surface area contributed by atoms with Crippen LogP contribution in [0.25, 0.3) is 96.5 Å². The van der Waals surface area contributed by atoms with Gasteiger partial charge in [0.25, 0.3) is 0 Å². The van der Waals surface area contributed by atoms with E-state index in [1.165, 1.54) is 58.9 Å². The van der Waals surface area contributed by atoms with Gasteiger partial charge < -0.3 is 43.0 Å². The van der Waals surface area contributed by atoms with Crippen LogP contribution in [0.3, 0.4) is 0 Å². The Labute approximate surface area is 760 Å². The van der Waals surface area contributed by atoms with E-state index in [0.717, 1.165) is 230 Å². The number of hydrogen-bond acceptors (Lipinski definition) is 7. The van der Waals surface area contributed by atoms with Crippen molar-refractivity contribution in [3.63, 3.8) is 0 Å². The highest BCUT2D eigenvalue weighted by molar-refractivity contribution is 6.63. The van der Waals surface area contributed by atoms with Gasteiger partial charge in [-0.3, -0.25) is 4.79 Å². The largest absolute Gasteiger partial charge is 0.529 e. The number of nitrogens with zero attached hydrogens (tertiary/aromatic N) is 6. The molecule has 17 rings (SSSR count). The monoisotopic (exact) mass is 1710 g/mol. The normalized spacial score (nSPS) is 16.8. The van der Waals surface area contributed by atoms with Gasteiger partial charge in [-0.1, -0.05) is 183 Å². The molecule has 10 heterocycles. The number of H-pyrrole nitrogens is 2. The number of aryl methyl sites for hydroxylation is 6. The van der Waals surface area contributed by atoms with Crippen molar-refractivity contribution in [3.05, 3.63) is 297 Å². The summed E-state index contributed by atoms with van der Waals surface area (Å²) in [7, 11) is 0. The van der Waals surface area contributed by atoms with Crippen LogP contribution in [0.4, 0.5) is 20.0 Å². The molecule has 1 unspecified atom stereocenters. The van der Waals surface area contributed by atoms with Crippen molar-refractivity contribution >= 4 is 87.8 Å². The summed E-state index contributed by atoms with van der Waals surface area (Å²) < 4.78 is 38.1. The van der Waals surface area contributed by atoms with E-state index < -0.39 is 29.8 Å². The van der Waals surface area contributed by atoms with Gasteiger partial charge in [-0.05, 0) is 296 Å². The molecule has 1 aliphatic carbocycles. The highest BCUT2D eigenvalue weighted by Crippen LogP contribution is 2.53. The second-order valence-corrected chi connectivity index (χ2v) is 37.8. The van der Waals surface area contributed by atoms with Crippen molar-refractivity contribution in [1.29, 1.82) is 0 Å². The molecule has 12 nitrogen and oxygen atoms in total. The van der Waals surface area contributed by atoms with Crippen molar-refractivity contribution in [2.75, 3.05) is 18.0 Å². The lowest BCUT2D eigenvalue weighted by Gasteiger charge is -2.48. The minimum absolute atomic E-state index is 0.0287. The number of carboxylic acid groups (broad SMARTS) is 1. The number of carbonyl (C=O) groups is 2. The molecule has 6 aliphatic heterocycles. The number of rotatable bonds is 23. The SMILES string of the molecule is CCCCCCCCN1/C(=C/C2=C(O)C(=C/C3=[N+](CCCCCCCC)c4ccc(C(=O)O)cc4C3(C)C)/C2=O)C(C)(C)c2cc(C#Cc3ccc(-c4c5nc(c(-c6c(C)cc(C)cc6C)c6ccc([nH]6)c(-c6ccc(C#CC7=C8C(C)=C(CC)C(C)N8[B-](F)(F)n8c(C)c(CC)c(C)c87)cc6)c6nc(c(-c7c(C)cc(C)cc7C)c7ccc4[nH]7)C=C6)C=C5)cc3)ccc21. The zero-order valence-corrected chi connectivity index (χ0v) is 78.3. The summed E-state index contributed by atoms with van der Waals surface area (Å²) in [6.07, 6.45) is 27.1. The lowest BCUT2D eigenvalue weighted by Crippen LogP contribution is -2.57. The highest BCUT2D eigenvalue weighted by Gasteiger charge is 2.52. The summed E-state index contributed by atoms with van der Waals surface area (Å²) in [5.41, 5.74) is 35.0. The molecule has 0 saturated heterocycles. The maximum absolute atomic E-state index is 17.3. The first-order chi connectivity index (χ1) is 61.9. The molecule has 10 aromatic rings. The van der Waals surface area contributed by atoms with Gasteiger partial charge in [-0.25, -0.2) is 14.8 Å². The van der Waals surface area contributed by atoms with E-state index in [0.29, 0.717) is 42.0 Å². The number of aliphatic hydroxyl groups excluding tert-OH is 1. The number of halogens is 2. The maximum atomic E-state index is 17.3. The molecular formula is C114H119BF2N8O4. The Bertz CT molecular complexity index is 6870.